The quantitative estimate of drug-likeness (QED) is 0.649. The maximum absolute atomic E-state index is 11.4. The van der Waals surface area contributed by atoms with Crippen molar-refractivity contribution in [3.05, 3.63) is 11.8 Å². The minimum atomic E-state index is 0.120. The first-order chi connectivity index (χ1) is 6.63. The molecule has 0 saturated heterocycles. The lowest BCUT2D eigenvalue weighted by atomic mass is 9.68. The van der Waals surface area contributed by atoms with Gasteiger partial charge >= 0.3 is 0 Å². The van der Waals surface area contributed by atoms with E-state index in [1.54, 1.807) is 11.8 Å². The lowest BCUT2D eigenvalue weighted by molar-refractivity contribution is -0.126. The van der Waals surface area contributed by atoms with Crippen LogP contribution in [0.2, 0.25) is 0 Å². The third kappa shape index (κ3) is 3.08. The van der Waals surface area contributed by atoms with Gasteiger partial charge in [-0.15, -0.1) is 0 Å². The van der Waals surface area contributed by atoms with E-state index >= 15 is 0 Å². The first-order valence-corrected chi connectivity index (χ1v) is 5.59. The van der Waals surface area contributed by atoms with Gasteiger partial charge in [0, 0.05) is 19.7 Å². The highest BCUT2D eigenvalue weighted by Gasteiger charge is 2.34. The van der Waals surface area contributed by atoms with Crippen molar-refractivity contribution in [3.8, 4) is 0 Å². The van der Waals surface area contributed by atoms with E-state index in [-0.39, 0.29) is 16.7 Å². The summed E-state index contributed by atoms with van der Waals surface area (Å²) in [4.78, 5) is 13.1. The molecule has 0 aromatic rings. The Morgan fingerprint density at radius 1 is 1.33 bits per heavy atom. The van der Waals surface area contributed by atoms with Gasteiger partial charge in [-0.2, -0.15) is 0 Å². The molecule has 0 bridgehead atoms. The molecule has 0 heterocycles. The Hall–Kier alpha value is -0.790. The Balaban J connectivity index is 2.99. The lowest BCUT2D eigenvalue weighted by Gasteiger charge is -2.41. The summed E-state index contributed by atoms with van der Waals surface area (Å²) < 4.78 is 0. The second-order valence-electron chi connectivity index (χ2n) is 6.22. The highest BCUT2D eigenvalue weighted by molar-refractivity contribution is 5.75. The number of carbonyl (C=O) groups excluding carboxylic acids is 1. The molecular weight excluding hydrogens is 186 g/mol. The molecular formula is C13H23NO. The minimum Gasteiger partial charge on any atom is -0.320 e. The molecule has 15 heavy (non-hydrogen) atoms. The molecule has 0 fully saturated rings. The number of hydrogen-bond donors (Lipinski definition) is 0. The van der Waals surface area contributed by atoms with Crippen molar-refractivity contribution in [1.29, 1.82) is 0 Å². The van der Waals surface area contributed by atoms with Crippen LogP contribution >= 0.6 is 0 Å². The zero-order valence-electron chi connectivity index (χ0n) is 10.8. The summed E-state index contributed by atoms with van der Waals surface area (Å²) in [5, 5.41) is 0. The molecule has 0 N–H and O–H groups in total. The van der Waals surface area contributed by atoms with Gasteiger partial charge in [-0.05, 0) is 23.7 Å². The highest BCUT2D eigenvalue weighted by atomic mass is 16.2. The van der Waals surface area contributed by atoms with Crippen molar-refractivity contribution in [1.82, 2.24) is 4.90 Å². The molecule has 2 heteroatoms. The Labute approximate surface area is 93.3 Å². The largest absolute Gasteiger partial charge is 0.320 e. The van der Waals surface area contributed by atoms with E-state index in [2.05, 4.69) is 33.8 Å². The summed E-state index contributed by atoms with van der Waals surface area (Å²) in [5.41, 5.74) is 1.65. The number of allylic oxidation sites excluding steroid dienone is 2. The number of hydrogen-bond acceptors (Lipinski definition) is 1. The number of amides is 1. The highest BCUT2D eigenvalue weighted by Crippen LogP contribution is 2.44. The summed E-state index contributed by atoms with van der Waals surface area (Å²) in [6.07, 6.45) is 4.42. The third-order valence-corrected chi connectivity index (χ3v) is 3.05. The van der Waals surface area contributed by atoms with E-state index in [0.717, 1.165) is 6.42 Å². The number of carbonyl (C=O) groups is 1. The smallest absolute Gasteiger partial charge is 0.223 e. The summed E-state index contributed by atoms with van der Waals surface area (Å²) in [6.45, 7) is 10.6. The van der Waals surface area contributed by atoms with Gasteiger partial charge < -0.3 is 4.90 Å². The van der Waals surface area contributed by atoms with Crippen LogP contribution in [-0.2, 0) is 4.79 Å². The van der Waals surface area contributed by atoms with Gasteiger partial charge in [0.2, 0.25) is 5.91 Å². The second-order valence-corrected chi connectivity index (χ2v) is 6.22. The molecule has 0 unspecified atom stereocenters. The van der Waals surface area contributed by atoms with E-state index in [1.807, 2.05) is 7.05 Å². The zero-order valence-corrected chi connectivity index (χ0v) is 10.8. The average Bonchev–Trinajstić information content (AvgIpc) is 1.96. The van der Waals surface area contributed by atoms with Crippen LogP contribution in [0.1, 0.15) is 47.5 Å². The van der Waals surface area contributed by atoms with E-state index in [9.17, 15) is 4.79 Å². The van der Waals surface area contributed by atoms with Gasteiger partial charge in [-0.25, -0.2) is 0 Å². The van der Waals surface area contributed by atoms with Gasteiger partial charge in [0.25, 0.3) is 0 Å². The summed E-state index contributed by atoms with van der Waals surface area (Å²) in [5.74, 6) is 0.120. The van der Waals surface area contributed by atoms with Crippen LogP contribution in [0.3, 0.4) is 0 Å². The van der Waals surface area contributed by atoms with Crippen LogP contribution in [0.25, 0.3) is 0 Å². The summed E-state index contributed by atoms with van der Waals surface area (Å²) >= 11 is 0. The van der Waals surface area contributed by atoms with E-state index < -0.39 is 0 Å². The Morgan fingerprint density at radius 3 is 2.27 bits per heavy atom. The topological polar surface area (TPSA) is 20.3 Å². The van der Waals surface area contributed by atoms with Crippen molar-refractivity contribution in [2.45, 2.75) is 47.5 Å². The second kappa shape index (κ2) is 3.66. The van der Waals surface area contributed by atoms with E-state index in [0.29, 0.717) is 0 Å². The predicted octanol–water partition coefficient (Wildman–Crippen LogP) is 3.19. The standard InChI is InChI=1S/C13H23NO/c1-10(15)14(6)11-7-12(2,3)9-13(4,5)8-11/h7H,8-9H2,1-6H3. The lowest BCUT2D eigenvalue weighted by Crippen LogP contribution is -2.34. The maximum atomic E-state index is 11.4. The Kier molecular flexibility index (Phi) is 2.99. The average molecular weight is 209 g/mol. The first-order valence-electron chi connectivity index (χ1n) is 5.59. The molecule has 2 nitrogen and oxygen atoms in total. The molecule has 1 rings (SSSR count). The van der Waals surface area contributed by atoms with Crippen molar-refractivity contribution in [2.75, 3.05) is 7.05 Å². The van der Waals surface area contributed by atoms with Crippen molar-refractivity contribution < 1.29 is 4.79 Å². The maximum Gasteiger partial charge on any atom is 0.223 e. The monoisotopic (exact) mass is 209 g/mol. The van der Waals surface area contributed by atoms with Crippen LogP contribution in [-0.4, -0.2) is 17.9 Å². The van der Waals surface area contributed by atoms with Crippen LogP contribution in [0.4, 0.5) is 0 Å². The fourth-order valence-corrected chi connectivity index (χ4v) is 2.76. The van der Waals surface area contributed by atoms with Gasteiger partial charge in [-0.1, -0.05) is 33.8 Å². The molecule has 1 amide bonds. The van der Waals surface area contributed by atoms with Gasteiger partial charge in [0.15, 0.2) is 0 Å². The van der Waals surface area contributed by atoms with Crippen LogP contribution in [0.15, 0.2) is 11.8 Å². The van der Waals surface area contributed by atoms with E-state index in [4.69, 9.17) is 0 Å². The molecule has 1 aliphatic carbocycles. The fraction of sp³-hybridized carbons (Fsp3) is 0.769. The molecule has 0 radical (unpaired) electrons. The number of rotatable bonds is 1. The van der Waals surface area contributed by atoms with Crippen LogP contribution in [0, 0.1) is 10.8 Å². The van der Waals surface area contributed by atoms with Crippen LogP contribution < -0.4 is 0 Å². The molecule has 0 aromatic carbocycles. The summed E-state index contributed by atoms with van der Waals surface area (Å²) in [7, 11) is 1.87. The zero-order chi connectivity index (χ0) is 11.9. The van der Waals surface area contributed by atoms with Gasteiger partial charge in [0.1, 0.15) is 0 Å². The minimum absolute atomic E-state index is 0.120. The molecule has 0 aromatic heterocycles. The molecule has 0 aliphatic heterocycles. The molecule has 86 valence electrons. The first kappa shape index (κ1) is 12.3. The van der Waals surface area contributed by atoms with E-state index in [1.165, 1.54) is 12.1 Å². The molecule has 0 spiro atoms. The summed E-state index contributed by atoms with van der Waals surface area (Å²) in [6, 6.07) is 0. The number of nitrogens with zero attached hydrogens (tertiary/aromatic N) is 1. The van der Waals surface area contributed by atoms with Crippen molar-refractivity contribution in [2.24, 2.45) is 10.8 Å². The normalized spacial score (nSPS) is 23.2. The van der Waals surface area contributed by atoms with Gasteiger partial charge in [0.05, 0.1) is 0 Å². The van der Waals surface area contributed by atoms with Gasteiger partial charge in [-0.3, -0.25) is 4.79 Å². The van der Waals surface area contributed by atoms with Crippen LogP contribution in [0.5, 0.6) is 0 Å². The predicted molar refractivity (Wildman–Crippen MR) is 63.3 cm³/mol. The molecule has 1 aliphatic rings. The third-order valence-electron chi connectivity index (χ3n) is 3.05. The fourth-order valence-electron chi connectivity index (χ4n) is 2.76. The molecule has 0 saturated carbocycles. The van der Waals surface area contributed by atoms with Crippen molar-refractivity contribution in [3.63, 3.8) is 0 Å². The van der Waals surface area contributed by atoms with Crippen molar-refractivity contribution >= 4 is 5.91 Å². The molecule has 0 atom stereocenters. The Morgan fingerprint density at radius 2 is 1.87 bits per heavy atom. The Bertz CT molecular complexity index is 300. The SMILES string of the molecule is CC(=O)N(C)C1=CC(C)(C)CC(C)(C)C1.